The lowest BCUT2D eigenvalue weighted by Crippen LogP contribution is -2.69. The zero-order chi connectivity index (χ0) is 32.6. The van der Waals surface area contributed by atoms with Crippen molar-refractivity contribution in [3.63, 3.8) is 0 Å². The van der Waals surface area contributed by atoms with Crippen LogP contribution in [0.2, 0.25) is 0 Å². The number of unbranched alkanes of at least 4 members (excludes halogenated alkanes) is 1. The average molecular weight is 639 g/mol. The van der Waals surface area contributed by atoms with Crippen molar-refractivity contribution in [1.29, 1.82) is 0 Å². The van der Waals surface area contributed by atoms with Crippen LogP contribution in [-0.2, 0) is 54.8 Å². The molecule has 4 aromatic rings. The van der Waals surface area contributed by atoms with Gasteiger partial charge < -0.3 is 33.5 Å². The van der Waals surface area contributed by atoms with Crippen molar-refractivity contribution in [2.24, 2.45) is 0 Å². The Kier molecular flexibility index (Phi) is 13.7. The summed E-state index contributed by atoms with van der Waals surface area (Å²) in [5.74, 6) is -1.54. The van der Waals surface area contributed by atoms with Gasteiger partial charge in [-0.3, -0.25) is 0 Å². The molecule has 0 aromatic heterocycles. The van der Waals surface area contributed by atoms with E-state index in [1.165, 1.54) is 0 Å². The fourth-order valence-corrected chi connectivity index (χ4v) is 5.68. The monoisotopic (exact) mass is 638 g/mol. The molecule has 1 fully saturated rings. The predicted molar refractivity (Wildman–Crippen MR) is 181 cm³/mol. The lowest BCUT2D eigenvalue weighted by molar-refractivity contribution is -0.390. The van der Waals surface area contributed by atoms with Gasteiger partial charge >= 0.3 is 0 Å². The van der Waals surface area contributed by atoms with Crippen LogP contribution in [-0.4, -0.2) is 55.1 Å². The molecule has 7 nitrogen and oxygen atoms in total. The molecule has 0 spiro atoms. The average Bonchev–Trinajstić information content (AvgIpc) is 3.13. The molecule has 0 aliphatic carbocycles. The highest BCUT2D eigenvalue weighted by Crippen LogP contribution is 2.38. The summed E-state index contributed by atoms with van der Waals surface area (Å²) in [5.41, 5.74) is 4.03. The Hall–Kier alpha value is -3.66. The number of benzene rings is 4. The SMILES string of the molecule is C=CCCCO[C@@]1(CO)O[C@H](COCc2ccccc2)[C@H](OCc2ccccc2)[C@H](OCc2ccccc2)[C@H]1OCc1ccccc1. The molecule has 0 amide bonds. The largest absolute Gasteiger partial charge is 0.391 e. The number of aliphatic hydroxyl groups excluding tert-OH is 1. The lowest BCUT2D eigenvalue weighted by atomic mass is 9.91. The van der Waals surface area contributed by atoms with Crippen molar-refractivity contribution in [2.45, 2.75) is 69.5 Å². The summed E-state index contributed by atoms with van der Waals surface area (Å²) in [6.45, 7) is 5.18. The molecule has 0 saturated carbocycles. The minimum atomic E-state index is -1.54. The predicted octanol–water partition coefficient (Wildman–Crippen LogP) is 7.03. The van der Waals surface area contributed by atoms with E-state index in [1.54, 1.807) is 0 Å². The van der Waals surface area contributed by atoms with Gasteiger partial charge in [-0.2, -0.15) is 0 Å². The molecule has 0 radical (unpaired) electrons. The molecular weight excluding hydrogens is 592 g/mol. The van der Waals surface area contributed by atoms with E-state index in [0.717, 1.165) is 28.7 Å². The third-order valence-electron chi connectivity index (χ3n) is 8.13. The Morgan fingerprint density at radius 3 is 1.60 bits per heavy atom. The van der Waals surface area contributed by atoms with Crippen molar-refractivity contribution < 1.29 is 33.5 Å². The molecule has 248 valence electrons. The van der Waals surface area contributed by atoms with Crippen molar-refractivity contribution in [2.75, 3.05) is 19.8 Å². The van der Waals surface area contributed by atoms with E-state index in [9.17, 15) is 5.11 Å². The van der Waals surface area contributed by atoms with Gasteiger partial charge in [0.15, 0.2) is 0 Å². The van der Waals surface area contributed by atoms with Gasteiger partial charge in [-0.1, -0.05) is 127 Å². The van der Waals surface area contributed by atoms with Gasteiger partial charge in [0.2, 0.25) is 5.79 Å². The third-order valence-corrected chi connectivity index (χ3v) is 8.13. The molecule has 7 heteroatoms. The van der Waals surface area contributed by atoms with E-state index in [4.69, 9.17) is 28.4 Å². The quantitative estimate of drug-likeness (QED) is 0.0873. The topological polar surface area (TPSA) is 75.6 Å². The van der Waals surface area contributed by atoms with Gasteiger partial charge in [0.1, 0.15) is 31.0 Å². The summed E-state index contributed by atoms with van der Waals surface area (Å²) in [6, 6.07) is 39.9. The summed E-state index contributed by atoms with van der Waals surface area (Å²) in [5, 5.41) is 11.1. The zero-order valence-corrected chi connectivity index (χ0v) is 26.9. The first kappa shape index (κ1) is 34.7. The maximum Gasteiger partial charge on any atom is 0.221 e. The normalized spacial score (nSPS) is 22.6. The number of ether oxygens (including phenoxy) is 6. The third kappa shape index (κ3) is 10.2. The van der Waals surface area contributed by atoms with E-state index in [0.29, 0.717) is 32.8 Å². The summed E-state index contributed by atoms with van der Waals surface area (Å²) < 4.78 is 39.6. The smallest absolute Gasteiger partial charge is 0.221 e. The maximum absolute atomic E-state index is 11.1. The van der Waals surface area contributed by atoms with E-state index in [-0.39, 0.29) is 13.2 Å². The van der Waals surface area contributed by atoms with Crippen LogP contribution in [0.5, 0.6) is 0 Å². The van der Waals surface area contributed by atoms with Gasteiger partial charge in [-0.15, -0.1) is 6.58 Å². The molecule has 4 aromatic carbocycles. The Morgan fingerprint density at radius 2 is 1.11 bits per heavy atom. The summed E-state index contributed by atoms with van der Waals surface area (Å²) in [7, 11) is 0. The van der Waals surface area contributed by atoms with Crippen LogP contribution in [0.4, 0.5) is 0 Å². The molecule has 5 rings (SSSR count). The summed E-state index contributed by atoms with van der Waals surface area (Å²) in [6.07, 6.45) is 0.521. The second kappa shape index (κ2) is 18.6. The minimum absolute atomic E-state index is 0.183. The van der Waals surface area contributed by atoms with Crippen molar-refractivity contribution >= 4 is 0 Å². The molecule has 5 atom stereocenters. The molecule has 47 heavy (non-hydrogen) atoms. The van der Waals surface area contributed by atoms with Crippen LogP contribution in [0.3, 0.4) is 0 Å². The fourth-order valence-electron chi connectivity index (χ4n) is 5.68. The minimum Gasteiger partial charge on any atom is -0.391 e. The Balaban J connectivity index is 1.48. The summed E-state index contributed by atoms with van der Waals surface area (Å²) >= 11 is 0. The van der Waals surface area contributed by atoms with Gasteiger partial charge in [-0.25, -0.2) is 0 Å². The first-order valence-corrected chi connectivity index (χ1v) is 16.3. The van der Waals surface area contributed by atoms with Crippen molar-refractivity contribution in [3.05, 3.63) is 156 Å². The van der Waals surface area contributed by atoms with Crippen LogP contribution in [0, 0.1) is 0 Å². The van der Waals surface area contributed by atoms with E-state index < -0.39 is 36.8 Å². The zero-order valence-electron chi connectivity index (χ0n) is 26.9. The van der Waals surface area contributed by atoms with Gasteiger partial charge in [0, 0.05) is 0 Å². The highest BCUT2D eigenvalue weighted by Gasteiger charge is 2.57. The highest BCUT2D eigenvalue weighted by atomic mass is 16.8. The van der Waals surface area contributed by atoms with E-state index >= 15 is 0 Å². The molecular formula is C40H46O7. The standard InChI is InChI=1S/C40H46O7/c1-2-3-16-25-46-40(31-41)39(45-29-35-23-14-7-15-24-35)38(44-28-34-21-12-6-13-22-34)37(43-27-33-19-10-5-11-20-33)36(47-40)30-42-26-32-17-8-4-9-18-32/h2,4-15,17-24,36-39,41H,1,3,16,25-31H2/t36-,37+,38+,39-,40+/m1/s1. The van der Waals surface area contributed by atoms with Crippen LogP contribution < -0.4 is 0 Å². The molecule has 1 heterocycles. The Morgan fingerprint density at radius 1 is 0.638 bits per heavy atom. The van der Waals surface area contributed by atoms with Crippen LogP contribution in [0.1, 0.15) is 35.1 Å². The van der Waals surface area contributed by atoms with Gasteiger partial charge in [0.05, 0.1) is 39.6 Å². The number of hydrogen-bond acceptors (Lipinski definition) is 7. The van der Waals surface area contributed by atoms with Crippen LogP contribution >= 0.6 is 0 Å². The fraction of sp³-hybridized carbons (Fsp3) is 0.350. The molecule has 0 unspecified atom stereocenters. The Bertz CT molecular complexity index is 1420. The van der Waals surface area contributed by atoms with Gasteiger partial charge in [-0.05, 0) is 35.1 Å². The number of rotatable bonds is 19. The molecule has 0 bridgehead atoms. The van der Waals surface area contributed by atoms with Crippen LogP contribution in [0.25, 0.3) is 0 Å². The Labute approximate surface area is 278 Å². The second-order valence-corrected chi connectivity index (χ2v) is 11.6. The molecule has 1 saturated heterocycles. The number of allylic oxidation sites excluding steroid dienone is 1. The van der Waals surface area contributed by atoms with E-state index in [2.05, 4.69) is 6.58 Å². The maximum atomic E-state index is 11.1. The lowest BCUT2D eigenvalue weighted by Gasteiger charge is -2.51. The van der Waals surface area contributed by atoms with Crippen LogP contribution in [0.15, 0.2) is 134 Å². The molecule has 1 N–H and O–H groups in total. The summed E-state index contributed by atoms with van der Waals surface area (Å²) in [4.78, 5) is 0. The molecule has 1 aliphatic rings. The number of hydrogen-bond donors (Lipinski definition) is 1. The van der Waals surface area contributed by atoms with Gasteiger partial charge in [0.25, 0.3) is 0 Å². The van der Waals surface area contributed by atoms with Crippen molar-refractivity contribution in [3.8, 4) is 0 Å². The molecule has 1 aliphatic heterocycles. The second-order valence-electron chi connectivity index (χ2n) is 11.6. The van der Waals surface area contributed by atoms with E-state index in [1.807, 2.05) is 127 Å². The number of aliphatic hydroxyl groups is 1. The first-order valence-electron chi connectivity index (χ1n) is 16.3. The highest BCUT2D eigenvalue weighted by molar-refractivity contribution is 5.17. The first-order chi connectivity index (χ1) is 23.2. The van der Waals surface area contributed by atoms with Crippen molar-refractivity contribution in [1.82, 2.24) is 0 Å².